The molecule has 0 bridgehead atoms. The Balaban J connectivity index is 1.46. The molecule has 2 amide bonds. The lowest BCUT2D eigenvalue weighted by atomic mass is 10.2. The molecular formula is C17H26N4O. The van der Waals surface area contributed by atoms with Gasteiger partial charge in [-0.05, 0) is 12.6 Å². The van der Waals surface area contributed by atoms with Crippen LogP contribution in [-0.4, -0.2) is 85.0 Å². The Bertz CT molecular complexity index is 477. The quantitative estimate of drug-likeness (QED) is 0.821. The lowest BCUT2D eigenvalue weighted by Gasteiger charge is -2.40. The summed E-state index contributed by atoms with van der Waals surface area (Å²) in [6.45, 7) is 8.30. The minimum atomic E-state index is 0.229. The number of likely N-dealkylation sites (N-methyl/N-ethyl adjacent to an activating group) is 1. The molecule has 5 nitrogen and oxygen atoms in total. The zero-order valence-corrected chi connectivity index (χ0v) is 13.4. The van der Waals surface area contributed by atoms with Crippen LogP contribution in [0, 0.1) is 0 Å². The molecule has 0 spiro atoms. The van der Waals surface area contributed by atoms with Gasteiger partial charge in [0.25, 0.3) is 0 Å². The van der Waals surface area contributed by atoms with Crippen LogP contribution in [0.25, 0.3) is 0 Å². The van der Waals surface area contributed by atoms with Gasteiger partial charge in [-0.25, -0.2) is 4.79 Å². The average molecular weight is 302 g/mol. The number of carbonyl (C=O) groups excluding carboxylic acids is 1. The first-order valence-corrected chi connectivity index (χ1v) is 8.21. The van der Waals surface area contributed by atoms with Gasteiger partial charge in [-0.3, -0.25) is 4.90 Å². The monoisotopic (exact) mass is 302 g/mol. The predicted molar refractivity (Wildman–Crippen MR) is 87.8 cm³/mol. The molecule has 120 valence electrons. The van der Waals surface area contributed by atoms with Gasteiger partial charge in [0.15, 0.2) is 0 Å². The van der Waals surface area contributed by atoms with Crippen LogP contribution in [0.3, 0.4) is 0 Å². The summed E-state index contributed by atoms with van der Waals surface area (Å²) in [5, 5.41) is 0. The van der Waals surface area contributed by atoms with E-state index in [1.54, 1.807) is 0 Å². The van der Waals surface area contributed by atoms with E-state index in [-0.39, 0.29) is 6.03 Å². The van der Waals surface area contributed by atoms with E-state index in [1.807, 2.05) is 9.80 Å². The van der Waals surface area contributed by atoms with Gasteiger partial charge < -0.3 is 14.7 Å². The molecule has 0 radical (unpaired) electrons. The maximum Gasteiger partial charge on any atom is 0.320 e. The van der Waals surface area contributed by atoms with Crippen molar-refractivity contribution in [3.05, 3.63) is 35.9 Å². The van der Waals surface area contributed by atoms with Crippen molar-refractivity contribution in [1.29, 1.82) is 0 Å². The minimum absolute atomic E-state index is 0.229. The number of rotatable bonds is 2. The second kappa shape index (κ2) is 7.11. The molecule has 1 aromatic carbocycles. The van der Waals surface area contributed by atoms with Crippen molar-refractivity contribution in [1.82, 2.24) is 19.6 Å². The molecule has 1 aromatic rings. The molecule has 2 saturated heterocycles. The highest BCUT2D eigenvalue weighted by Crippen LogP contribution is 2.11. The van der Waals surface area contributed by atoms with Gasteiger partial charge in [0.05, 0.1) is 0 Å². The lowest BCUT2D eigenvalue weighted by molar-refractivity contribution is 0.0937. The largest absolute Gasteiger partial charge is 0.322 e. The summed E-state index contributed by atoms with van der Waals surface area (Å²) >= 11 is 0. The van der Waals surface area contributed by atoms with E-state index >= 15 is 0 Å². The van der Waals surface area contributed by atoms with E-state index in [2.05, 4.69) is 47.2 Å². The first kappa shape index (κ1) is 15.3. The molecule has 2 aliphatic rings. The van der Waals surface area contributed by atoms with E-state index in [9.17, 15) is 4.79 Å². The van der Waals surface area contributed by atoms with Crippen molar-refractivity contribution in [3.8, 4) is 0 Å². The topological polar surface area (TPSA) is 30.0 Å². The first-order valence-electron chi connectivity index (χ1n) is 8.21. The smallest absolute Gasteiger partial charge is 0.320 e. The van der Waals surface area contributed by atoms with Crippen LogP contribution in [0.4, 0.5) is 4.79 Å². The zero-order valence-electron chi connectivity index (χ0n) is 13.4. The highest BCUT2D eigenvalue weighted by molar-refractivity contribution is 5.74. The second-order valence-corrected chi connectivity index (χ2v) is 6.32. The number of benzene rings is 1. The average Bonchev–Trinajstić information content (AvgIpc) is 2.57. The van der Waals surface area contributed by atoms with Crippen LogP contribution >= 0.6 is 0 Å². The molecule has 0 unspecified atom stereocenters. The normalized spacial score (nSPS) is 21.1. The molecule has 5 heteroatoms. The summed E-state index contributed by atoms with van der Waals surface area (Å²) in [5.74, 6) is 0. The SMILES string of the molecule is CN1CCN(C(=O)N2CCN(Cc3ccccc3)CC2)CC1. The van der Waals surface area contributed by atoms with Crippen LogP contribution in [-0.2, 0) is 6.54 Å². The Morgan fingerprint density at radius 2 is 1.41 bits per heavy atom. The predicted octanol–water partition coefficient (Wildman–Crippen LogP) is 1.17. The standard InChI is InChI=1S/C17H26N4O/c1-18-7-11-20(12-8-18)17(22)21-13-9-19(10-14-21)15-16-5-3-2-4-6-16/h2-6H,7-15H2,1H3. The van der Waals surface area contributed by atoms with E-state index in [1.165, 1.54) is 5.56 Å². The van der Waals surface area contributed by atoms with Crippen LogP contribution in [0.1, 0.15) is 5.56 Å². The van der Waals surface area contributed by atoms with Crippen molar-refractivity contribution in [3.63, 3.8) is 0 Å². The third-order valence-electron chi connectivity index (χ3n) is 4.67. The molecule has 3 rings (SSSR count). The molecule has 22 heavy (non-hydrogen) atoms. The summed E-state index contributed by atoms with van der Waals surface area (Å²) in [4.78, 5) is 21.3. The fourth-order valence-corrected chi connectivity index (χ4v) is 3.14. The molecule has 0 aromatic heterocycles. The fraction of sp³-hybridized carbons (Fsp3) is 0.588. The van der Waals surface area contributed by atoms with Crippen molar-refractivity contribution in [2.45, 2.75) is 6.54 Å². The third kappa shape index (κ3) is 3.78. The van der Waals surface area contributed by atoms with Gasteiger partial charge in [-0.2, -0.15) is 0 Å². The number of piperazine rings is 2. The maximum absolute atomic E-state index is 12.5. The van der Waals surface area contributed by atoms with Crippen molar-refractivity contribution in [2.75, 3.05) is 59.4 Å². The number of urea groups is 1. The van der Waals surface area contributed by atoms with Crippen LogP contribution in [0.15, 0.2) is 30.3 Å². The van der Waals surface area contributed by atoms with Crippen molar-refractivity contribution in [2.24, 2.45) is 0 Å². The summed E-state index contributed by atoms with van der Waals surface area (Å²) < 4.78 is 0. The number of hydrogen-bond acceptors (Lipinski definition) is 3. The van der Waals surface area contributed by atoms with Crippen LogP contribution in [0.2, 0.25) is 0 Å². The van der Waals surface area contributed by atoms with Crippen LogP contribution < -0.4 is 0 Å². The lowest BCUT2D eigenvalue weighted by Crippen LogP contribution is -2.56. The number of nitrogens with zero attached hydrogens (tertiary/aromatic N) is 4. The van der Waals surface area contributed by atoms with Crippen LogP contribution in [0.5, 0.6) is 0 Å². The van der Waals surface area contributed by atoms with Gasteiger partial charge in [0.2, 0.25) is 0 Å². The molecule has 2 aliphatic heterocycles. The molecule has 2 fully saturated rings. The Labute approximate surface area is 133 Å². The molecule has 0 aliphatic carbocycles. The Hall–Kier alpha value is -1.59. The first-order chi connectivity index (χ1) is 10.7. The van der Waals surface area contributed by atoms with Gasteiger partial charge >= 0.3 is 6.03 Å². The van der Waals surface area contributed by atoms with E-state index in [0.717, 1.165) is 58.9 Å². The molecule has 0 N–H and O–H groups in total. The number of carbonyl (C=O) groups is 1. The third-order valence-corrected chi connectivity index (χ3v) is 4.67. The Morgan fingerprint density at radius 3 is 2.00 bits per heavy atom. The fourth-order valence-electron chi connectivity index (χ4n) is 3.14. The minimum Gasteiger partial charge on any atom is -0.322 e. The number of amides is 2. The summed E-state index contributed by atoms with van der Waals surface area (Å²) in [6.07, 6.45) is 0. The summed E-state index contributed by atoms with van der Waals surface area (Å²) in [5.41, 5.74) is 1.35. The van der Waals surface area contributed by atoms with E-state index in [4.69, 9.17) is 0 Å². The molecule has 0 saturated carbocycles. The van der Waals surface area contributed by atoms with E-state index < -0.39 is 0 Å². The zero-order chi connectivity index (χ0) is 15.4. The maximum atomic E-state index is 12.5. The Kier molecular flexibility index (Phi) is 4.95. The second-order valence-electron chi connectivity index (χ2n) is 6.32. The van der Waals surface area contributed by atoms with Crippen molar-refractivity contribution >= 4 is 6.03 Å². The summed E-state index contributed by atoms with van der Waals surface area (Å²) in [7, 11) is 2.12. The Morgan fingerprint density at radius 1 is 0.864 bits per heavy atom. The van der Waals surface area contributed by atoms with Gasteiger partial charge in [0.1, 0.15) is 0 Å². The highest BCUT2D eigenvalue weighted by atomic mass is 16.2. The summed E-state index contributed by atoms with van der Waals surface area (Å²) in [6, 6.07) is 10.8. The molecule has 2 heterocycles. The van der Waals surface area contributed by atoms with E-state index in [0.29, 0.717) is 0 Å². The number of hydrogen-bond donors (Lipinski definition) is 0. The van der Waals surface area contributed by atoms with Crippen molar-refractivity contribution < 1.29 is 4.79 Å². The highest BCUT2D eigenvalue weighted by Gasteiger charge is 2.26. The molecule has 0 atom stereocenters. The molecular weight excluding hydrogens is 276 g/mol. The van der Waals surface area contributed by atoms with Gasteiger partial charge in [-0.15, -0.1) is 0 Å². The van der Waals surface area contributed by atoms with Gasteiger partial charge in [-0.1, -0.05) is 30.3 Å². The van der Waals surface area contributed by atoms with Gasteiger partial charge in [0, 0.05) is 58.9 Å².